The Labute approximate surface area is 160 Å². The normalized spacial score (nSPS) is 12.6. The Hall–Kier alpha value is -3.49. The molecule has 3 heterocycles. The second-order valence-electron chi connectivity index (χ2n) is 7.08. The fourth-order valence-corrected chi connectivity index (χ4v) is 3.68. The number of H-pyrrole nitrogens is 1. The molecule has 0 saturated heterocycles. The summed E-state index contributed by atoms with van der Waals surface area (Å²) in [7, 11) is 1.86. The predicted molar refractivity (Wildman–Crippen MR) is 104 cm³/mol. The number of aromatic nitrogens is 6. The lowest BCUT2D eigenvalue weighted by Crippen LogP contribution is -2.29. The van der Waals surface area contributed by atoms with E-state index in [1.165, 1.54) is 4.52 Å². The van der Waals surface area contributed by atoms with Crippen molar-refractivity contribution >= 4 is 22.5 Å². The van der Waals surface area contributed by atoms with Gasteiger partial charge in [-0.1, -0.05) is 11.3 Å². The van der Waals surface area contributed by atoms with E-state index in [9.17, 15) is 9.59 Å². The van der Waals surface area contributed by atoms with Crippen LogP contribution in [0.25, 0.3) is 16.6 Å². The molecule has 1 amide bonds. The summed E-state index contributed by atoms with van der Waals surface area (Å²) < 4.78 is 3.19. The van der Waals surface area contributed by atoms with Crippen molar-refractivity contribution in [3.63, 3.8) is 0 Å². The molecule has 28 heavy (non-hydrogen) atoms. The number of aryl methyl sites for hydroxylation is 3. The average Bonchev–Trinajstić information content (AvgIpc) is 3.17. The molecule has 0 aliphatic heterocycles. The number of amides is 1. The molecular formula is C19H21N7O2. The molecule has 144 valence electrons. The topological polar surface area (TPSA) is 110 Å². The van der Waals surface area contributed by atoms with Gasteiger partial charge >= 0.3 is 0 Å². The van der Waals surface area contributed by atoms with E-state index in [2.05, 4.69) is 25.7 Å². The molecule has 4 aromatic rings. The van der Waals surface area contributed by atoms with E-state index in [1.807, 2.05) is 52.9 Å². The van der Waals surface area contributed by atoms with Crippen LogP contribution in [0.15, 0.2) is 23.0 Å². The number of rotatable bonds is 3. The lowest BCUT2D eigenvalue weighted by molar-refractivity contribution is 0.0936. The molecular weight excluding hydrogens is 358 g/mol. The maximum Gasteiger partial charge on any atom is 0.277 e. The van der Waals surface area contributed by atoms with Crippen LogP contribution in [0.2, 0.25) is 0 Å². The third-order valence-electron chi connectivity index (χ3n) is 5.07. The lowest BCUT2D eigenvalue weighted by atomic mass is 10.1. The van der Waals surface area contributed by atoms with Crippen LogP contribution in [0.1, 0.15) is 46.0 Å². The van der Waals surface area contributed by atoms with Gasteiger partial charge in [-0.15, -0.1) is 5.10 Å². The third kappa shape index (κ3) is 2.67. The fraction of sp³-hybridized carbons (Fsp3) is 0.316. The summed E-state index contributed by atoms with van der Waals surface area (Å²) >= 11 is 0. The fourth-order valence-electron chi connectivity index (χ4n) is 3.68. The Bertz CT molecular complexity index is 1300. The first-order valence-electron chi connectivity index (χ1n) is 8.97. The third-order valence-corrected chi connectivity index (χ3v) is 5.07. The molecule has 4 rings (SSSR count). The maximum atomic E-state index is 12.9. The second-order valence-corrected chi connectivity index (χ2v) is 7.08. The zero-order chi connectivity index (χ0) is 20.2. The van der Waals surface area contributed by atoms with Crippen molar-refractivity contribution in [1.82, 2.24) is 34.9 Å². The van der Waals surface area contributed by atoms with Crippen LogP contribution >= 0.6 is 0 Å². The van der Waals surface area contributed by atoms with Crippen LogP contribution in [0.3, 0.4) is 0 Å². The van der Waals surface area contributed by atoms with E-state index in [0.717, 1.165) is 22.5 Å². The predicted octanol–water partition coefficient (Wildman–Crippen LogP) is 1.72. The highest BCUT2D eigenvalue weighted by Gasteiger charge is 2.23. The van der Waals surface area contributed by atoms with Crippen LogP contribution in [-0.2, 0) is 7.05 Å². The van der Waals surface area contributed by atoms with Gasteiger partial charge in [0.25, 0.3) is 11.5 Å². The molecule has 1 aromatic carbocycles. The van der Waals surface area contributed by atoms with E-state index in [1.54, 1.807) is 4.68 Å². The van der Waals surface area contributed by atoms with E-state index in [-0.39, 0.29) is 17.3 Å². The largest absolute Gasteiger partial charge is 0.344 e. The SMILES string of the molecule is Cc1ccc2c(c1)[nH]c(=O)c1c(C(=O)NC(C)c3c(C)nn(C)c3C)nnn12. The van der Waals surface area contributed by atoms with Crippen molar-refractivity contribution in [1.29, 1.82) is 0 Å². The van der Waals surface area contributed by atoms with Gasteiger partial charge in [-0.25, -0.2) is 4.52 Å². The minimum absolute atomic E-state index is 0.00484. The highest BCUT2D eigenvalue weighted by atomic mass is 16.2. The first-order chi connectivity index (χ1) is 13.3. The molecule has 2 N–H and O–H groups in total. The number of carbonyl (C=O) groups is 1. The zero-order valence-corrected chi connectivity index (χ0v) is 16.4. The van der Waals surface area contributed by atoms with Gasteiger partial charge in [0.15, 0.2) is 11.2 Å². The van der Waals surface area contributed by atoms with E-state index >= 15 is 0 Å². The molecule has 1 unspecified atom stereocenters. The summed E-state index contributed by atoms with van der Waals surface area (Å²) in [6, 6.07) is 5.32. The number of hydrogen-bond donors (Lipinski definition) is 2. The summed E-state index contributed by atoms with van der Waals surface area (Å²) in [6.07, 6.45) is 0. The van der Waals surface area contributed by atoms with Gasteiger partial charge in [0, 0.05) is 18.3 Å². The average molecular weight is 379 g/mol. The van der Waals surface area contributed by atoms with E-state index < -0.39 is 11.5 Å². The maximum absolute atomic E-state index is 12.9. The number of nitrogens with one attached hydrogen (secondary N) is 2. The molecule has 1 atom stereocenters. The number of hydrogen-bond acceptors (Lipinski definition) is 5. The van der Waals surface area contributed by atoms with Crippen molar-refractivity contribution in [2.75, 3.05) is 0 Å². The second kappa shape index (κ2) is 6.29. The highest BCUT2D eigenvalue weighted by Crippen LogP contribution is 2.21. The molecule has 0 aliphatic carbocycles. The van der Waals surface area contributed by atoms with Crippen molar-refractivity contribution in [3.8, 4) is 0 Å². The van der Waals surface area contributed by atoms with Crippen molar-refractivity contribution in [2.45, 2.75) is 33.7 Å². The van der Waals surface area contributed by atoms with Gasteiger partial charge in [0.1, 0.15) is 0 Å². The Morgan fingerprint density at radius 3 is 2.68 bits per heavy atom. The molecule has 0 fully saturated rings. The van der Waals surface area contributed by atoms with Crippen LogP contribution in [0.5, 0.6) is 0 Å². The number of aromatic amines is 1. The summed E-state index contributed by atoms with van der Waals surface area (Å²) in [5, 5.41) is 15.3. The van der Waals surface area contributed by atoms with Crippen LogP contribution < -0.4 is 10.9 Å². The van der Waals surface area contributed by atoms with Crippen LogP contribution in [0, 0.1) is 20.8 Å². The van der Waals surface area contributed by atoms with Gasteiger partial charge < -0.3 is 10.3 Å². The van der Waals surface area contributed by atoms with Crippen molar-refractivity contribution in [3.05, 3.63) is 56.8 Å². The van der Waals surface area contributed by atoms with Gasteiger partial charge in [-0.2, -0.15) is 5.10 Å². The van der Waals surface area contributed by atoms with E-state index in [0.29, 0.717) is 11.0 Å². The lowest BCUT2D eigenvalue weighted by Gasteiger charge is -2.14. The van der Waals surface area contributed by atoms with Gasteiger partial charge in [-0.3, -0.25) is 14.3 Å². The van der Waals surface area contributed by atoms with Crippen molar-refractivity contribution in [2.24, 2.45) is 7.05 Å². The Morgan fingerprint density at radius 2 is 2.00 bits per heavy atom. The molecule has 0 spiro atoms. The smallest absolute Gasteiger partial charge is 0.277 e. The standard InChI is InChI=1S/C19H21N7O2/c1-9-6-7-14-13(8-9)21-19(28)17-16(22-24-26(14)17)18(27)20-10(2)15-11(3)23-25(5)12(15)4/h6-8,10H,1-5H3,(H,20,27)(H,21,28). The molecule has 9 nitrogen and oxygen atoms in total. The Morgan fingerprint density at radius 1 is 1.25 bits per heavy atom. The number of fused-ring (bicyclic) bond motifs is 3. The highest BCUT2D eigenvalue weighted by molar-refractivity contribution is 5.99. The van der Waals surface area contributed by atoms with Crippen LogP contribution in [0.4, 0.5) is 0 Å². The Kier molecular flexibility index (Phi) is 4.02. The minimum Gasteiger partial charge on any atom is -0.344 e. The number of nitrogens with zero attached hydrogens (tertiary/aromatic N) is 5. The molecule has 0 bridgehead atoms. The molecule has 0 aliphatic rings. The van der Waals surface area contributed by atoms with Gasteiger partial charge in [0.2, 0.25) is 0 Å². The Balaban J connectivity index is 1.76. The summed E-state index contributed by atoms with van der Waals surface area (Å²) in [6.45, 7) is 7.66. The first-order valence-corrected chi connectivity index (χ1v) is 8.97. The molecule has 9 heteroatoms. The minimum atomic E-state index is -0.456. The van der Waals surface area contributed by atoms with Gasteiger partial charge in [-0.05, 0) is 45.4 Å². The summed E-state index contributed by atoms with van der Waals surface area (Å²) in [5.41, 5.74) is 4.81. The summed E-state index contributed by atoms with van der Waals surface area (Å²) in [4.78, 5) is 28.3. The van der Waals surface area contributed by atoms with E-state index in [4.69, 9.17) is 0 Å². The molecule has 0 saturated carbocycles. The number of benzene rings is 1. The molecule has 3 aromatic heterocycles. The van der Waals surface area contributed by atoms with Gasteiger partial charge in [0.05, 0.1) is 22.8 Å². The van der Waals surface area contributed by atoms with Crippen molar-refractivity contribution < 1.29 is 4.79 Å². The molecule has 0 radical (unpaired) electrons. The first kappa shape index (κ1) is 17.9. The van der Waals surface area contributed by atoms with Crippen LogP contribution in [-0.4, -0.2) is 35.5 Å². The quantitative estimate of drug-likeness (QED) is 0.563. The summed E-state index contributed by atoms with van der Waals surface area (Å²) in [5.74, 6) is -0.456. The number of carbonyl (C=O) groups excluding carboxylic acids is 1. The zero-order valence-electron chi connectivity index (χ0n) is 16.4. The monoisotopic (exact) mass is 379 g/mol.